The minimum Gasteiger partial charge on any atom is -0.259 e. The number of nitro groups is 1. The van der Waals surface area contributed by atoms with E-state index in [1.165, 1.54) is 0 Å². The molecule has 0 saturated heterocycles. The summed E-state index contributed by atoms with van der Waals surface area (Å²) in [6.45, 7) is 3.84. The van der Waals surface area contributed by atoms with E-state index in [0.717, 1.165) is 12.8 Å². The summed E-state index contributed by atoms with van der Waals surface area (Å²) in [6.07, 6.45) is 3.84. The summed E-state index contributed by atoms with van der Waals surface area (Å²) in [7, 11) is 0. The van der Waals surface area contributed by atoms with Crippen molar-refractivity contribution in [2.45, 2.75) is 33.1 Å². The lowest BCUT2D eigenvalue weighted by molar-refractivity contribution is -0.428. The first-order valence-corrected chi connectivity index (χ1v) is 3.55. The van der Waals surface area contributed by atoms with Crippen LogP contribution in [0.4, 0.5) is 0 Å². The maximum Gasteiger partial charge on any atom is 0.242 e. The van der Waals surface area contributed by atoms with Crippen molar-refractivity contribution in [1.29, 1.82) is 0 Å². The summed E-state index contributed by atoms with van der Waals surface area (Å²) < 4.78 is 0. The van der Waals surface area contributed by atoms with Gasteiger partial charge in [-0.05, 0) is 18.9 Å². The zero-order valence-corrected chi connectivity index (χ0v) is 6.46. The van der Waals surface area contributed by atoms with Gasteiger partial charge in [0.2, 0.25) is 5.70 Å². The van der Waals surface area contributed by atoms with Crippen LogP contribution in [-0.4, -0.2) is 4.92 Å². The number of allylic oxidation sites excluding steroid dienone is 2. The molecule has 58 valence electrons. The Kier molecular flexibility index (Phi) is 4.54. The molecular weight excluding hydrogens is 130 g/mol. The van der Waals surface area contributed by atoms with Crippen molar-refractivity contribution in [2.24, 2.45) is 0 Å². The summed E-state index contributed by atoms with van der Waals surface area (Å²) in [5, 5.41) is 10.2. The molecule has 0 aliphatic heterocycles. The molecule has 0 radical (unpaired) electrons. The Morgan fingerprint density at radius 1 is 1.60 bits per heavy atom. The summed E-state index contributed by atoms with van der Waals surface area (Å²) in [5.74, 6) is 0. The third kappa shape index (κ3) is 3.22. The van der Waals surface area contributed by atoms with Gasteiger partial charge < -0.3 is 0 Å². The molecule has 3 heteroatoms. The highest BCUT2D eigenvalue weighted by atomic mass is 16.6. The maximum atomic E-state index is 10.2. The zero-order valence-electron chi connectivity index (χ0n) is 6.46. The minimum absolute atomic E-state index is 0.299. The molecule has 0 aliphatic carbocycles. The van der Waals surface area contributed by atoms with E-state index in [0.29, 0.717) is 12.1 Å². The Morgan fingerprint density at radius 3 is 2.50 bits per heavy atom. The number of nitrogens with zero attached hydrogens (tertiary/aromatic N) is 1. The van der Waals surface area contributed by atoms with Gasteiger partial charge in [0, 0.05) is 6.42 Å². The largest absolute Gasteiger partial charge is 0.259 e. The van der Waals surface area contributed by atoms with E-state index in [-0.39, 0.29) is 4.92 Å². The number of hydrogen-bond acceptors (Lipinski definition) is 2. The second-order valence-corrected chi connectivity index (χ2v) is 2.11. The summed E-state index contributed by atoms with van der Waals surface area (Å²) in [4.78, 5) is 9.92. The highest BCUT2D eigenvalue weighted by Gasteiger charge is 2.05. The molecule has 0 N–H and O–H groups in total. The van der Waals surface area contributed by atoms with Crippen LogP contribution in [-0.2, 0) is 0 Å². The summed E-state index contributed by atoms with van der Waals surface area (Å²) >= 11 is 0. The number of hydrogen-bond donors (Lipinski definition) is 0. The van der Waals surface area contributed by atoms with Gasteiger partial charge in [0.25, 0.3) is 0 Å². The van der Waals surface area contributed by atoms with Gasteiger partial charge in [-0.2, -0.15) is 0 Å². The van der Waals surface area contributed by atoms with Gasteiger partial charge in [0.1, 0.15) is 0 Å². The van der Waals surface area contributed by atoms with Crippen LogP contribution in [0.2, 0.25) is 0 Å². The van der Waals surface area contributed by atoms with Crippen molar-refractivity contribution < 1.29 is 4.92 Å². The van der Waals surface area contributed by atoms with Crippen LogP contribution in [0.25, 0.3) is 0 Å². The van der Waals surface area contributed by atoms with Crippen molar-refractivity contribution in [3.8, 4) is 0 Å². The number of rotatable bonds is 4. The Morgan fingerprint density at radius 2 is 2.20 bits per heavy atom. The molecule has 0 fully saturated rings. The lowest BCUT2D eigenvalue weighted by Gasteiger charge is -1.92. The minimum atomic E-state index is -0.299. The van der Waals surface area contributed by atoms with Crippen molar-refractivity contribution in [3.05, 3.63) is 21.9 Å². The smallest absolute Gasteiger partial charge is 0.242 e. The van der Waals surface area contributed by atoms with Crippen molar-refractivity contribution in [1.82, 2.24) is 0 Å². The van der Waals surface area contributed by atoms with E-state index < -0.39 is 0 Å². The average molecular weight is 143 g/mol. The predicted molar refractivity (Wildman–Crippen MR) is 40.3 cm³/mol. The third-order valence-electron chi connectivity index (χ3n) is 1.18. The zero-order chi connectivity index (χ0) is 7.98. The second-order valence-electron chi connectivity index (χ2n) is 2.11. The fourth-order valence-electron chi connectivity index (χ4n) is 0.760. The normalized spacial score (nSPS) is 11.6. The van der Waals surface area contributed by atoms with E-state index in [1.807, 2.05) is 13.8 Å². The first-order valence-electron chi connectivity index (χ1n) is 3.55. The van der Waals surface area contributed by atoms with Crippen LogP contribution in [0, 0.1) is 10.1 Å². The van der Waals surface area contributed by atoms with E-state index in [4.69, 9.17) is 0 Å². The van der Waals surface area contributed by atoms with E-state index in [9.17, 15) is 10.1 Å². The highest BCUT2D eigenvalue weighted by molar-refractivity contribution is 4.90. The quantitative estimate of drug-likeness (QED) is 0.448. The van der Waals surface area contributed by atoms with E-state index >= 15 is 0 Å². The van der Waals surface area contributed by atoms with Crippen LogP contribution in [0.3, 0.4) is 0 Å². The fourth-order valence-corrected chi connectivity index (χ4v) is 0.760. The maximum absolute atomic E-state index is 10.2. The van der Waals surface area contributed by atoms with Gasteiger partial charge in [0.05, 0.1) is 4.92 Å². The van der Waals surface area contributed by atoms with Crippen molar-refractivity contribution in [2.75, 3.05) is 0 Å². The van der Waals surface area contributed by atoms with E-state index in [1.54, 1.807) is 6.08 Å². The van der Waals surface area contributed by atoms with Crippen molar-refractivity contribution in [3.63, 3.8) is 0 Å². The molecule has 0 aliphatic rings. The molecule has 0 amide bonds. The van der Waals surface area contributed by atoms with Gasteiger partial charge in [-0.25, -0.2) is 0 Å². The molecule has 0 aromatic heterocycles. The van der Waals surface area contributed by atoms with Crippen molar-refractivity contribution >= 4 is 0 Å². The van der Waals surface area contributed by atoms with Crippen LogP contribution in [0.5, 0.6) is 0 Å². The molecule has 0 bridgehead atoms. The van der Waals surface area contributed by atoms with Crippen LogP contribution < -0.4 is 0 Å². The first-order chi connectivity index (χ1) is 4.72. The molecule has 0 rings (SSSR count). The SMILES string of the molecule is CC/C=C(\CCC)[N+](=O)[O-]. The van der Waals surface area contributed by atoms with Crippen LogP contribution in [0.1, 0.15) is 33.1 Å². The molecule has 0 atom stereocenters. The van der Waals surface area contributed by atoms with Crippen LogP contribution in [0.15, 0.2) is 11.8 Å². The van der Waals surface area contributed by atoms with Gasteiger partial charge in [-0.3, -0.25) is 10.1 Å². The average Bonchev–Trinajstić information content (AvgIpc) is 1.87. The standard InChI is InChI=1S/C7H13NO2/c1-3-5-7(6-4-2)8(9)10/h5H,3-4,6H2,1-2H3/b7-5+. The molecular formula is C7H13NO2. The Bertz CT molecular complexity index is 141. The van der Waals surface area contributed by atoms with E-state index in [2.05, 4.69) is 0 Å². The third-order valence-corrected chi connectivity index (χ3v) is 1.18. The second kappa shape index (κ2) is 4.97. The molecule has 3 nitrogen and oxygen atoms in total. The first kappa shape index (κ1) is 9.14. The molecule has 0 aromatic rings. The Labute approximate surface area is 60.9 Å². The Balaban J connectivity index is 3.98. The lowest BCUT2D eigenvalue weighted by Crippen LogP contribution is -1.97. The van der Waals surface area contributed by atoms with Gasteiger partial charge in [-0.15, -0.1) is 0 Å². The van der Waals surface area contributed by atoms with Gasteiger partial charge >= 0.3 is 0 Å². The lowest BCUT2D eigenvalue weighted by atomic mass is 10.2. The molecule has 0 heterocycles. The summed E-state index contributed by atoms with van der Waals surface area (Å²) in [6, 6.07) is 0. The topological polar surface area (TPSA) is 43.1 Å². The fraction of sp³-hybridized carbons (Fsp3) is 0.714. The molecule has 10 heavy (non-hydrogen) atoms. The van der Waals surface area contributed by atoms with Gasteiger partial charge in [-0.1, -0.05) is 13.8 Å². The monoisotopic (exact) mass is 143 g/mol. The molecule has 0 spiro atoms. The molecule has 0 unspecified atom stereocenters. The van der Waals surface area contributed by atoms with Crippen LogP contribution >= 0.6 is 0 Å². The Hall–Kier alpha value is -0.860. The molecule has 0 aromatic carbocycles. The molecule has 0 saturated carbocycles. The predicted octanol–water partition coefficient (Wildman–Crippen LogP) is 2.36. The van der Waals surface area contributed by atoms with Gasteiger partial charge in [0.15, 0.2) is 0 Å². The highest BCUT2D eigenvalue weighted by Crippen LogP contribution is 2.05. The summed E-state index contributed by atoms with van der Waals surface area (Å²) in [5.41, 5.74) is 0.352.